The van der Waals surface area contributed by atoms with Crippen molar-refractivity contribution in [1.82, 2.24) is 4.98 Å². The molecule has 7 heteroatoms. The molecule has 0 unspecified atom stereocenters. The van der Waals surface area contributed by atoms with Crippen LogP contribution in [0.25, 0.3) is 10.9 Å². The van der Waals surface area contributed by atoms with Crippen molar-refractivity contribution >= 4 is 38.2 Å². The maximum atomic E-state index is 14.0. The minimum Gasteiger partial charge on any atom is -0.361 e. The van der Waals surface area contributed by atoms with E-state index in [4.69, 9.17) is 0 Å². The predicted molar refractivity (Wildman–Crippen MR) is 130 cm³/mol. The Balaban J connectivity index is 1.80. The van der Waals surface area contributed by atoms with Crippen LogP contribution in [0.2, 0.25) is 0 Å². The number of hydrogen-bond donors (Lipinski definition) is 1. The van der Waals surface area contributed by atoms with Gasteiger partial charge in [-0.3, -0.25) is 9.10 Å². The van der Waals surface area contributed by atoms with Gasteiger partial charge in [-0.1, -0.05) is 13.8 Å². The van der Waals surface area contributed by atoms with Crippen LogP contribution in [0.15, 0.2) is 53.6 Å². The van der Waals surface area contributed by atoms with E-state index in [0.29, 0.717) is 18.0 Å². The Bertz CT molecular complexity index is 1260. The smallest absolute Gasteiger partial charge is 0.264 e. The average molecular weight is 454 g/mol. The van der Waals surface area contributed by atoms with Gasteiger partial charge in [-0.2, -0.15) is 0 Å². The Hall–Kier alpha value is -2.80. The zero-order valence-electron chi connectivity index (χ0n) is 19.3. The van der Waals surface area contributed by atoms with Gasteiger partial charge in [0.2, 0.25) is 5.91 Å². The van der Waals surface area contributed by atoms with Gasteiger partial charge >= 0.3 is 0 Å². The summed E-state index contributed by atoms with van der Waals surface area (Å²) in [5.74, 6) is 0.322. The van der Waals surface area contributed by atoms with Crippen LogP contribution in [0.5, 0.6) is 0 Å². The molecule has 0 saturated heterocycles. The van der Waals surface area contributed by atoms with Gasteiger partial charge < -0.3 is 9.88 Å². The molecule has 3 aromatic rings. The molecule has 1 aliphatic heterocycles. The first-order valence-corrected chi connectivity index (χ1v) is 12.6. The highest BCUT2D eigenvalue weighted by atomic mass is 32.2. The largest absolute Gasteiger partial charge is 0.361 e. The fraction of sp³-hybridized carbons (Fsp3) is 0.400. The molecule has 1 aliphatic rings. The summed E-state index contributed by atoms with van der Waals surface area (Å²) in [6.07, 6.45) is 3.24. The van der Waals surface area contributed by atoms with Gasteiger partial charge in [0, 0.05) is 41.8 Å². The van der Waals surface area contributed by atoms with Gasteiger partial charge in [-0.25, -0.2) is 8.42 Å². The third kappa shape index (κ3) is 3.90. The minimum atomic E-state index is -3.81. The van der Waals surface area contributed by atoms with Gasteiger partial charge in [0.1, 0.15) is 0 Å². The molecule has 0 spiro atoms. The third-order valence-corrected chi connectivity index (χ3v) is 8.11. The van der Waals surface area contributed by atoms with E-state index in [0.717, 1.165) is 28.6 Å². The number of aromatic nitrogens is 1. The number of rotatable bonds is 6. The van der Waals surface area contributed by atoms with E-state index in [9.17, 15) is 13.2 Å². The monoisotopic (exact) mass is 453 g/mol. The van der Waals surface area contributed by atoms with Gasteiger partial charge in [0.15, 0.2) is 0 Å². The first-order valence-electron chi connectivity index (χ1n) is 11.1. The number of carbonyl (C=O) groups excluding carboxylic acids is 1. The Kier molecular flexibility index (Phi) is 5.79. The molecule has 6 nitrogen and oxygen atoms in total. The van der Waals surface area contributed by atoms with Crippen molar-refractivity contribution in [3.63, 3.8) is 0 Å². The van der Waals surface area contributed by atoms with Gasteiger partial charge in [0.05, 0.1) is 10.6 Å². The third-order valence-electron chi connectivity index (χ3n) is 6.17. The van der Waals surface area contributed by atoms with Crippen molar-refractivity contribution in [2.24, 2.45) is 5.92 Å². The summed E-state index contributed by atoms with van der Waals surface area (Å²) >= 11 is 0. The first kappa shape index (κ1) is 22.4. The number of carbonyl (C=O) groups is 1. The molecule has 0 saturated carbocycles. The van der Waals surface area contributed by atoms with Crippen LogP contribution in [0.1, 0.15) is 46.6 Å². The molecule has 0 bridgehead atoms. The van der Waals surface area contributed by atoms with Crippen molar-refractivity contribution in [2.75, 3.05) is 9.21 Å². The van der Waals surface area contributed by atoms with Crippen molar-refractivity contribution in [3.05, 3.63) is 54.2 Å². The molecular formula is C25H31N3O3S. The van der Waals surface area contributed by atoms with E-state index in [1.165, 1.54) is 0 Å². The van der Waals surface area contributed by atoms with Crippen molar-refractivity contribution < 1.29 is 13.2 Å². The summed E-state index contributed by atoms with van der Waals surface area (Å²) in [5, 5.41) is 0.972. The van der Waals surface area contributed by atoms with Crippen LogP contribution in [-0.4, -0.2) is 31.4 Å². The highest BCUT2D eigenvalue weighted by Crippen LogP contribution is 2.36. The summed E-state index contributed by atoms with van der Waals surface area (Å²) in [7, 11) is -3.81. The van der Waals surface area contributed by atoms with Crippen LogP contribution in [0.4, 0.5) is 11.4 Å². The molecule has 4 rings (SSSR count). The Morgan fingerprint density at radius 2 is 1.91 bits per heavy atom. The maximum absolute atomic E-state index is 14.0. The number of H-pyrrole nitrogens is 1. The van der Waals surface area contributed by atoms with Gasteiger partial charge in [0.25, 0.3) is 10.0 Å². The lowest BCUT2D eigenvalue weighted by molar-refractivity contribution is -0.116. The van der Waals surface area contributed by atoms with Crippen molar-refractivity contribution in [2.45, 2.75) is 64.4 Å². The lowest BCUT2D eigenvalue weighted by atomic mass is 10.0. The molecule has 1 amide bonds. The first-order chi connectivity index (χ1) is 15.1. The van der Waals surface area contributed by atoms with E-state index in [-0.39, 0.29) is 22.9 Å². The molecule has 1 aromatic heterocycles. The molecule has 2 heterocycles. The average Bonchev–Trinajstić information content (AvgIpc) is 3.29. The van der Waals surface area contributed by atoms with Crippen molar-refractivity contribution in [3.8, 4) is 0 Å². The van der Waals surface area contributed by atoms with Gasteiger partial charge in [-0.05, 0) is 80.6 Å². The second-order valence-electron chi connectivity index (χ2n) is 9.26. The van der Waals surface area contributed by atoms with E-state index in [2.05, 4.69) is 18.8 Å². The van der Waals surface area contributed by atoms with Crippen LogP contribution in [0, 0.1) is 5.92 Å². The topological polar surface area (TPSA) is 73.5 Å². The number of benzene rings is 2. The number of sulfonamides is 1. The number of amides is 1. The molecule has 170 valence electrons. The molecule has 0 fully saturated rings. The highest BCUT2D eigenvalue weighted by Gasteiger charge is 2.34. The SMILES string of the molecule is CC(=O)N1c2ccc(S(=O)(=O)N(c3ccc4[nH]ccc4c3)[C@H](C)CC(C)C)cc2C[C@H]1C. The summed E-state index contributed by atoms with van der Waals surface area (Å²) in [6, 6.07) is 12.6. The number of nitrogens with zero attached hydrogens (tertiary/aromatic N) is 2. The summed E-state index contributed by atoms with van der Waals surface area (Å²) < 4.78 is 29.5. The molecular weight excluding hydrogens is 422 g/mol. The van der Waals surface area contributed by atoms with Crippen LogP contribution in [0.3, 0.4) is 0 Å². The molecule has 1 N–H and O–H groups in total. The summed E-state index contributed by atoms with van der Waals surface area (Å²) in [4.78, 5) is 17.2. The van der Waals surface area contributed by atoms with Gasteiger partial charge in [-0.15, -0.1) is 0 Å². The Morgan fingerprint density at radius 1 is 1.16 bits per heavy atom. The number of fused-ring (bicyclic) bond motifs is 2. The minimum absolute atomic E-state index is 0.0208. The molecule has 0 aliphatic carbocycles. The summed E-state index contributed by atoms with van der Waals surface area (Å²) in [5.41, 5.74) is 3.33. The number of anilines is 2. The van der Waals surface area contributed by atoms with E-state index in [1.807, 2.05) is 44.3 Å². The molecule has 0 radical (unpaired) electrons. The highest BCUT2D eigenvalue weighted by molar-refractivity contribution is 7.92. The van der Waals surface area contributed by atoms with E-state index in [1.54, 1.807) is 34.3 Å². The zero-order chi connectivity index (χ0) is 23.2. The lowest BCUT2D eigenvalue weighted by Gasteiger charge is -2.32. The lowest BCUT2D eigenvalue weighted by Crippen LogP contribution is -2.39. The molecule has 32 heavy (non-hydrogen) atoms. The number of aromatic amines is 1. The zero-order valence-corrected chi connectivity index (χ0v) is 20.1. The fourth-order valence-corrected chi connectivity index (χ4v) is 6.66. The normalized spacial score (nSPS) is 17.1. The maximum Gasteiger partial charge on any atom is 0.264 e. The second-order valence-corrected chi connectivity index (χ2v) is 11.1. The predicted octanol–water partition coefficient (Wildman–Crippen LogP) is 5.10. The Morgan fingerprint density at radius 3 is 2.59 bits per heavy atom. The van der Waals surface area contributed by atoms with E-state index < -0.39 is 10.0 Å². The van der Waals surface area contributed by atoms with E-state index >= 15 is 0 Å². The van der Waals surface area contributed by atoms with Crippen molar-refractivity contribution in [1.29, 1.82) is 0 Å². The standard InChI is InChI=1S/C25H31N3O3S/c1-16(2)12-18(4)28(22-6-8-24-20(14-22)10-11-26-24)32(30,31)23-7-9-25-21(15-23)13-17(3)27(25)19(5)29/h6-11,14-18,26H,12-13H2,1-5H3/t17-,18-/m1/s1. The fourth-order valence-electron chi connectivity index (χ4n) is 4.95. The Labute approximate surface area is 190 Å². The van der Waals surface area contributed by atoms with Crippen LogP contribution < -0.4 is 9.21 Å². The molecule has 2 atom stereocenters. The van der Waals surface area contributed by atoms with Crippen LogP contribution >= 0.6 is 0 Å². The molecule has 2 aromatic carbocycles. The number of nitrogens with one attached hydrogen (secondary N) is 1. The van der Waals surface area contributed by atoms with Crippen LogP contribution in [-0.2, 0) is 21.2 Å². The summed E-state index contributed by atoms with van der Waals surface area (Å²) in [6.45, 7) is 9.70. The second kappa shape index (κ2) is 8.28. The quantitative estimate of drug-likeness (QED) is 0.565. The number of hydrogen-bond acceptors (Lipinski definition) is 3.